The van der Waals surface area contributed by atoms with Crippen molar-refractivity contribution in [1.29, 1.82) is 0 Å². The minimum atomic E-state index is -0.115. The van der Waals surface area contributed by atoms with Gasteiger partial charge in [-0.1, -0.05) is 5.10 Å². The van der Waals surface area contributed by atoms with Gasteiger partial charge >= 0.3 is 0 Å². The van der Waals surface area contributed by atoms with E-state index >= 15 is 0 Å². The summed E-state index contributed by atoms with van der Waals surface area (Å²) in [5.41, 5.74) is 5.57. The normalized spacial score (nSPS) is 23.6. The Labute approximate surface area is 67.9 Å². The van der Waals surface area contributed by atoms with Crippen LogP contribution in [0.25, 0.3) is 0 Å². The van der Waals surface area contributed by atoms with Gasteiger partial charge in [0, 0.05) is 19.0 Å². The number of hydrogen-bond acceptors (Lipinski definition) is 5. The van der Waals surface area contributed by atoms with Gasteiger partial charge in [-0.05, 0) is 5.21 Å². The first-order chi connectivity index (χ1) is 5.77. The molecule has 1 aromatic heterocycles. The molecule has 2 heterocycles. The Morgan fingerprint density at radius 1 is 1.67 bits per heavy atom. The van der Waals surface area contributed by atoms with E-state index in [-0.39, 0.29) is 11.9 Å². The van der Waals surface area contributed by atoms with Crippen molar-refractivity contribution in [2.45, 2.75) is 12.5 Å². The molecule has 0 saturated carbocycles. The summed E-state index contributed by atoms with van der Waals surface area (Å²) < 4.78 is 0. The number of nitrogens with one attached hydrogen (secondary N) is 1. The number of hydrogen-bond donors (Lipinski definition) is 2. The fraction of sp³-hybridized carbons (Fsp3) is 0.600. The number of amides is 1. The van der Waals surface area contributed by atoms with Crippen molar-refractivity contribution in [2.75, 3.05) is 11.4 Å². The van der Waals surface area contributed by atoms with Gasteiger partial charge < -0.3 is 5.73 Å². The third-order valence-electron chi connectivity index (χ3n) is 1.73. The first kappa shape index (κ1) is 7.17. The van der Waals surface area contributed by atoms with Gasteiger partial charge in [-0.25, -0.2) is 0 Å². The van der Waals surface area contributed by atoms with E-state index in [0.29, 0.717) is 18.9 Å². The predicted octanol–water partition coefficient (Wildman–Crippen LogP) is -1.74. The monoisotopic (exact) mass is 168 g/mol. The van der Waals surface area contributed by atoms with Gasteiger partial charge in [0.25, 0.3) is 5.95 Å². The number of anilines is 1. The molecular formula is C5H8N6O. The Bertz CT molecular complexity index is 282. The van der Waals surface area contributed by atoms with Crippen LogP contribution in [0.3, 0.4) is 0 Å². The minimum absolute atomic E-state index is 0.0519. The summed E-state index contributed by atoms with van der Waals surface area (Å²) in [4.78, 5) is 12.6. The summed E-state index contributed by atoms with van der Waals surface area (Å²) in [6.45, 7) is 0.471. The summed E-state index contributed by atoms with van der Waals surface area (Å²) in [5, 5.41) is 13.0. The zero-order valence-electron chi connectivity index (χ0n) is 6.27. The topological polar surface area (TPSA) is 101 Å². The van der Waals surface area contributed by atoms with Gasteiger partial charge in [0.2, 0.25) is 5.91 Å². The number of aromatic amines is 1. The Hall–Kier alpha value is -1.50. The molecule has 0 aromatic carbocycles. The largest absolute Gasteiger partial charge is 0.326 e. The molecular weight excluding hydrogens is 160 g/mol. The van der Waals surface area contributed by atoms with Gasteiger partial charge in [-0.15, -0.1) is 5.10 Å². The summed E-state index contributed by atoms with van der Waals surface area (Å²) in [5.74, 6) is 0.247. The lowest BCUT2D eigenvalue weighted by Crippen LogP contribution is -2.28. The number of nitrogens with two attached hydrogens (primary N) is 1. The highest BCUT2D eigenvalue weighted by molar-refractivity contribution is 5.94. The first-order valence-electron chi connectivity index (χ1n) is 3.57. The molecule has 0 bridgehead atoms. The second-order valence-corrected chi connectivity index (χ2v) is 2.68. The van der Waals surface area contributed by atoms with Crippen LogP contribution in [-0.2, 0) is 4.79 Å². The average Bonchev–Trinajstić information content (AvgIpc) is 2.58. The van der Waals surface area contributed by atoms with Crippen LogP contribution >= 0.6 is 0 Å². The highest BCUT2D eigenvalue weighted by Crippen LogP contribution is 2.14. The second-order valence-electron chi connectivity index (χ2n) is 2.68. The van der Waals surface area contributed by atoms with E-state index in [4.69, 9.17) is 5.73 Å². The van der Waals surface area contributed by atoms with Crippen molar-refractivity contribution in [3.63, 3.8) is 0 Å². The second kappa shape index (κ2) is 2.52. The number of carbonyl (C=O) groups excluding carboxylic acids is 1. The van der Waals surface area contributed by atoms with Crippen LogP contribution in [0.5, 0.6) is 0 Å². The fourth-order valence-corrected chi connectivity index (χ4v) is 1.20. The SMILES string of the molecule is NC1CC(=O)N(c2nn[nH]n2)C1. The third-order valence-corrected chi connectivity index (χ3v) is 1.73. The standard InChI is InChI=1S/C5H8N6O/c6-3-1-4(12)11(2-3)5-7-9-10-8-5/h3H,1-2,6H2,(H,7,8,9,10). The highest BCUT2D eigenvalue weighted by atomic mass is 16.2. The third kappa shape index (κ3) is 1.03. The Balaban J connectivity index is 2.21. The molecule has 7 nitrogen and oxygen atoms in total. The van der Waals surface area contributed by atoms with E-state index in [1.54, 1.807) is 0 Å². The molecule has 0 radical (unpaired) electrons. The van der Waals surface area contributed by atoms with Crippen LogP contribution in [0.15, 0.2) is 0 Å². The number of rotatable bonds is 1. The summed E-state index contributed by atoms with van der Waals surface area (Å²) >= 11 is 0. The molecule has 0 spiro atoms. The van der Waals surface area contributed by atoms with E-state index in [2.05, 4.69) is 20.6 Å². The smallest absolute Gasteiger partial charge is 0.272 e. The maximum atomic E-state index is 11.2. The molecule has 7 heteroatoms. The Kier molecular flexibility index (Phi) is 1.51. The van der Waals surface area contributed by atoms with E-state index in [9.17, 15) is 4.79 Å². The van der Waals surface area contributed by atoms with Gasteiger partial charge in [0.15, 0.2) is 0 Å². The lowest BCUT2D eigenvalue weighted by atomic mass is 10.3. The van der Waals surface area contributed by atoms with Crippen LogP contribution in [0.1, 0.15) is 6.42 Å². The zero-order chi connectivity index (χ0) is 8.55. The molecule has 1 saturated heterocycles. The molecule has 1 aliphatic rings. The molecule has 1 aromatic rings. The molecule has 3 N–H and O–H groups in total. The average molecular weight is 168 g/mol. The van der Waals surface area contributed by atoms with Crippen molar-refractivity contribution in [2.24, 2.45) is 5.73 Å². The Morgan fingerprint density at radius 3 is 3.00 bits per heavy atom. The summed E-state index contributed by atoms with van der Waals surface area (Å²) in [6, 6.07) is -0.115. The van der Waals surface area contributed by atoms with Gasteiger partial charge in [-0.3, -0.25) is 9.69 Å². The lowest BCUT2D eigenvalue weighted by molar-refractivity contribution is -0.117. The summed E-state index contributed by atoms with van der Waals surface area (Å²) in [7, 11) is 0. The number of tetrazole rings is 1. The molecule has 1 fully saturated rings. The van der Waals surface area contributed by atoms with Crippen LogP contribution in [0.4, 0.5) is 5.95 Å². The maximum Gasteiger partial charge on any atom is 0.272 e. The number of nitrogens with zero attached hydrogens (tertiary/aromatic N) is 4. The van der Waals surface area contributed by atoms with Gasteiger partial charge in [0.1, 0.15) is 0 Å². The number of aromatic nitrogens is 4. The van der Waals surface area contributed by atoms with Crippen molar-refractivity contribution in [1.82, 2.24) is 20.6 Å². The molecule has 2 rings (SSSR count). The van der Waals surface area contributed by atoms with Crippen molar-refractivity contribution in [3.05, 3.63) is 0 Å². The van der Waals surface area contributed by atoms with Crippen LogP contribution in [0, 0.1) is 0 Å². The molecule has 12 heavy (non-hydrogen) atoms. The molecule has 0 aliphatic carbocycles. The molecule has 1 unspecified atom stereocenters. The number of carbonyl (C=O) groups is 1. The Morgan fingerprint density at radius 2 is 2.50 bits per heavy atom. The van der Waals surface area contributed by atoms with E-state index in [1.165, 1.54) is 4.90 Å². The molecule has 1 amide bonds. The van der Waals surface area contributed by atoms with Crippen LogP contribution in [0.2, 0.25) is 0 Å². The van der Waals surface area contributed by atoms with Crippen molar-refractivity contribution >= 4 is 11.9 Å². The number of H-pyrrole nitrogens is 1. The van der Waals surface area contributed by atoms with Crippen LogP contribution < -0.4 is 10.6 Å². The molecule has 64 valence electrons. The van der Waals surface area contributed by atoms with Gasteiger partial charge in [0.05, 0.1) is 0 Å². The zero-order valence-corrected chi connectivity index (χ0v) is 6.27. The predicted molar refractivity (Wildman–Crippen MR) is 39.1 cm³/mol. The van der Waals surface area contributed by atoms with Gasteiger partial charge in [-0.2, -0.15) is 5.21 Å². The van der Waals surface area contributed by atoms with E-state index in [0.717, 1.165) is 0 Å². The molecule has 1 aliphatic heterocycles. The minimum Gasteiger partial charge on any atom is -0.326 e. The summed E-state index contributed by atoms with van der Waals surface area (Å²) in [6.07, 6.45) is 0.356. The molecule has 1 atom stereocenters. The van der Waals surface area contributed by atoms with Crippen LogP contribution in [-0.4, -0.2) is 39.1 Å². The lowest BCUT2D eigenvalue weighted by Gasteiger charge is -2.08. The van der Waals surface area contributed by atoms with E-state index in [1.807, 2.05) is 0 Å². The van der Waals surface area contributed by atoms with Crippen molar-refractivity contribution < 1.29 is 4.79 Å². The van der Waals surface area contributed by atoms with E-state index < -0.39 is 0 Å². The maximum absolute atomic E-state index is 11.2. The first-order valence-corrected chi connectivity index (χ1v) is 3.57. The fourth-order valence-electron chi connectivity index (χ4n) is 1.20. The quantitative estimate of drug-likeness (QED) is 0.518. The van der Waals surface area contributed by atoms with Crippen molar-refractivity contribution in [3.8, 4) is 0 Å². The highest BCUT2D eigenvalue weighted by Gasteiger charge is 2.30.